The highest BCUT2D eigenvalue weighted by atomic mass is 16.3. The van der Waals surface area contributed by atoms with Gasteiger partial charge in [-0.05, 0) is 17.5 Å². The maximum absolute atomic E-state index is 12.3. The van der Waals surface area contributed by atoms with Crippen molar-refractivity contribution < 1.29 is 14.3 Å². The number of rotatable bonds is 9. The van der Waals surface area contributed by atoms with E-state index in [1.165, 1.54) is 6.26 Å². The number of β-amino-alcohol motifs (C(OH)–C–C–N with tert-alkyl or cyclic N) is 1. The molecule has 2 heterocycles. The highest BCUT2D eigenvalue weighted by Crippen LogP contribution is 2.11. The van der Waals surface area contributed by atoms with Gasteiger partial charge in [-0.2, -0.15) is 0 Å². The lowest BCUT2D eigenvalue weighted by Gasteiger charge is -2.35. The summed E-state index contributed by atoms with van der Waals surface area (Å²) in [5.74, 6) is 0.313. The predicted octanol–water partition coefficient (Wildman–Crippen LogP) is 2.33. The predicted molar refractivity (Wildman–Crippen MR) is 122 cm³/mol. The first kappa shape index (κ1) is 22.2. The molecule has 2 N–H and O–H groups in total. The lowest BCUT2D eigenvalue weighted by atomic mass is 10.1. The highest BCUT2D eigenvalue weighted by molar-refractivity contribution is 5.91. The standard InChI is InChI=1S/C25H30N4O3/c30-22(15-20-7-3-1-4-8-20)17-28-11-13-29(14-12-28)18-24-27-23(19-32-24)25(31)26-16-21-9-5-2-6-10-21/h1-10,19,22,30H,11-18H2,(H,26,31)/t22-/m0/s1. The quantitative estimate of drug-likeness (QED) is 0.538. The third-order valence-electron chi connectivity index (χ3n) is 5.69. The number of piperazine rings is 1. The maximum atomic E-state index is 12.3. The van der Waals surface area contributed by atoms with Crippen LogP contribution in [-0.4, -0.2) is 64.6 Å². The van der Waals surface area contributed by atoms with Gasteiger partial charge in [0.05, 0.1) is 12.6 Å². The van der Waals surface area contributed by atoms with Gasteiger partial charge in [-0.1, -0.05) is 60.7 Å². The maximum Gasteiger partial charge on any atom is 0.273 e. The number of nitrogens with zero attached hydrogens (tertiary/aromatic N) is 3. The van der Waals surface area contributed by atoms with Crippen molar-refractivity contribution in [1.29, 1.82) is 0 Å². The number of aliphatic hydroxyl groups is 1. The van der Waals surface area contributed by atoms with Crippen LogP contribution in [0.3, 0.4) is 0 Å². The van der Waals surface area contributed by atoms with Gasteiger partial charge in [-0.15, -0.1) is 0 Å². The van der Waals surface area contributed by atoms with E-state index in [0.29, 0.717) is 37.6 Å². The van der Waals surface area contributed by atoms with Crippen LogP contribution in [0.2, 0.25) is 0 Å². The molecule has 0 unspecified atom stereocenters. The third kappa shape index (κ3) is 6.50. The first-order valence-electron chi connectivity index (χ1n) is 11.1. The molecule has 0 bridgehead atoms. The molecule has 168 valence electrons. The van der Waals surface area contributed by atoms with E-state index in [1.807, 2.05) is 60.7 Å². The van der Waals surface area contributed by atoms with Gasteiger partial charge in [0.1, 0.15) is 6.26 Å². The molecule has 7 nitrogen and oxygen atoms in total. The molecule has 0 saturated carbocycles. The highest BCUT2D eigenvalue weighted by Gasteiger charge is 2.21. The molecule has 1 amide bonds. The van der Waals surface area contributed by atoms with Crippen LogP contribution in [0.4, 0.5) is 0 Å². The molecule has 1 fully saturated rings. The second-order valence-electron chi connectivity index (χ2n) is 8.22. The minimum atomic E-state index is -0.368. The van der Waals surface area contributed by atoms with E-state index >= 15 is 0 Å². The van der Waals surface area contributed by atoms with Gasteiger partial charge in [0.2, 0.25) is 5.89 Å². The Morgan fingerprint density at radius 2 is 1.59 bits per heavy atom. The Hall–Kier alpha value is -3.00. The van der Waals surface area contributed by atoms with Crippen molar-refractivity contribution in [2.24, 2.45) is 0 Å². The number of carbonyl (C=O) groups excluding carboxylic acids is 1. The van der Waals surface area contributed by atoms with Gasteiger partial charge in [0.25, 0.3) is 5.91 Å². The van der Waals surface area contributed by atoms with Crippen LogP contribution in [0.5, 0.6) is 0 Å². The summed E-state index contributed by atoms with van der Waals surface area (Å²) in [4.78, 5) is 21.2. The number of amides is 1. The zero-order valence-corrected chi connectivity index (χ0v) is 18.2. The number of oxazole rings is 1. The van der Waals surface area contributed by atoms with Gasteiger partial charge in [-0.25, -0.2) is 4.98 Å². The van der Waals surface area contributed by atoms with E-state index in [-0.39, 0.29) is 12.0 Å². The number of benzene rings is 2. The molecule has 0 radical (unpaired) electrons. The Labute approximate surface area is 188 Å². The SMILES string of the molecule is O=C(NCc1ccccc1)c1coc(CN2CCN(C[C@@H](O)Cc3ccccc3)CC2)n1. The van der Waals surface area contributed by atoms with Gasteiger partial charge in [0, 0.05) is 39.3 Å². The molecule has 32 heavy (non-hydrogen) atoms. The molecule has 1 aliphatic heterocycles. The third-order valence-corrected chi connectivity index (χ3v) is 5.69. The van der Waals surface area contributed by atoms with Crippen LogP contribution in [0, 0.1) is 0 Å². The average molecular weight is 435 g/mol. The molecule has 2 aromatic carbocycles. The topological polar surface area (TPSA) is 81.8 Å². The summed E-state index contributed by atoms with van der Waals surface area (Å²) in [6.45, 7) is 5.22. The van der Waals surface area contributed by atoms with E-state index < -0.39 is 0 Å². The monoisotopic (exact) mass is 434 g/mol. The van der Waals surface area contributed by atoms with E-state index in [0.717, 1.165) is 37.3 Å². The number of aromatic nitrogens is 1. The molecule has 1 aliphatic rings. The minimum absolute atomic E-state index is 0.235. The summed E-state index contributed by atoms with van der Waals surface area (Å²) in [7, 11) is 0. The second-order valence-corrected chi connectivity index (χ2v) is 8.22. The zero-order chi connectivity index (χ0) is 22.2. The number of aliphatic hydroxyl groups excluding tert-OH is 1. The van der Waals surface area contributed by atoms with Crippen LogP contribution in [0.15, 0.2) is 71.3 Å². The minimum Gasteiger partial charge on any atom is -0.447 e. The van der Waals surface area contributed by atoms with Crippen molar-refractivity contribution >= 4 is 5.91 Å². The van der Waals surface area contributed by atoms with Gasteiger partial charge in [-0.3, -0.25) is 14.6 Å². The summed E-state index contributed by atoms with van der Waals surface area (Å²) >= 11 is 0. The molecule has 7 heteroatoms. The first-order valence-corrected chi connectivity index (χ1v) is 11.1. The Kier molecular flexibility index (Phi) is 7.66. The molecule has 1 aromatic heterocycles. The Morgan fingerprint density at radius 3 is 2.28 bits per heavy atom. The number of nitrogens with one attached hydrogen (secondary N) is 1. The normalized spacial score (nSPS) is 16.0. The van der Waals surface area contributed by atoms with Crippen molar-refractivity contribution in [2.45, 2.75) is 25.6 Å². The first-order chi connectivity index (χ1) is 15.7. The number of hydrogen-bond acceptors (Lipinski definition) is 6. The van der Waals surface area contributed by atoms with Crippen LogP contribution in [0.1, 0.15) is 27.5 Å². The van der Waals surface area contributed by atoms with Crippen molar-refractivity contribution in [1.82, 2.24) is 20.1 Å². The van der Waals surface area contributed by atoms with Gasteiger partial charge >= 0.3 is 0 Å². The van der Waals surface area contributed by atoms with Gasteiger partial charge in [0.15, 0.2) is 5.69 Å². The summed E-state index contributed by atoms with van der Waals surface area (Å²) in [6.07, 6.45) is 1.73. The van der Waals surface area contributed by atoms with Crippen molar-refractivity contribution in [3.8, 4) is 0 Å². The summed E-state index contributed by atoms with van der Waals surface area (Å²) in [5, 5.41) is 13.3. The smallest absolute Gasteiger partial charge is 0.273 e. The second kappa shape index (κ2) is 11.0. The Bertz CT molecular complexity index is 969. The van der Waals surface area contributed by atoms with Crippen LogP contribution in [0.25, 0.3) is 0 Å². The molecular weight excluding hydrogens is 404 g/mol. The fourth-order valence-corrected chi connectivity index (χ4v) is 3.93. The van der Waals surface area contributed by atoms with Gasteiger partial charge < -0.3 is 14.8 Å². The molecule has 1 atom stereocenters. The average Bonchev–Trinajstić information content (AvgIpc) is 3.29. The van der Waals surface area contributed by atoms with Crippen LogP contribution in [-0.2, 0) is 19.5 Å². The molecule has 0 aliphatic carbocycles. The van der Waals surface area contributed by atoms with E-state index in [4.69, 9.17) is 4.42 Å². The lowest BCUT2D eigenvalue weighted by Crippen LogP contribution is -2.48. The molecular formula is C25H30N4O3. The zero-order valence-electron chi connectivity index (χ0n) is 18.2. The number of hydrogen-bond donors (Lipinski definition) is 2. The molecule has 0 spiro atoms. The van der Waals surface area contributed by atoms with E-state index in [2.05, 4.69) is 20.1 Å². The fraction of sp³-hybridized carbons (Fsp3) is 0.360. The van der Waals surface area contributed by atoms with Crippen molar-refractivity contribution in [3.63, 3.8) is 0 Å². The largest absolute Gasteiger partial charge is 0.447 e. The van der Waals surface area contributed by atoms with Crippen LogP contribution < -0.4 is 5.32 Å². The van der Waals surface area contributed by atoms with E-state index in [9.17, 15) is 9.90 Å². The number of carbonyl (C=O) groups is 1. The lowest BCUT2D eigenvalue weighted by molar-refractivity contribution is 0.0675. The molecule has 1 saturated heterocycles. The summed E-state index contributed by atoms with van der Waals surface area (Å²) in [6, 6.07) is 19.9. The molecule has 4 rings (SSSR count). The Morgan fingerprint density at radius 1 is 0.969 bits per heavy atom. The van der Waals surface area contributed by atoms with Crippen molar-refractivity contribution in [2.75, 3.05) is 32.7 Å². The summed E-state index contributed by atoms with van der Waals surface area (Å²) < 4.78 is 5.53. The van der Waals surface area contributed by atoms with E-state index in [1.54, 1.807) is 0 Å². The molecule has 3 aromatic rings. The van der Waals surface area contributed by atoms with Crippen molar-refractivity contribution in [3.05, 3.63) is 89.6 Å². The summed E-state index contributed by atoms with van der Waals surface area (Å²) in [5.41, 5.74) is 2.50. The van der Waals surface area contributed by atoms with Crippen LogP contribution >= 0.6 is 0 Å². The Balaban J connectivity index is 1.18. The fourth-order valence-electron chi connectivity index (χ4n) is 3.93.